The summed E-state index contributed by atoms with van der Waals surface area (Å²) in [6, 6.07) is -0.801. The van der Waals surface area contributed by atoms with Crippen LogP contribution in [0.25, 0.3) is 0 Å². The summed E-state index contributed by atoms with van der Waals surface area (Å²) in [7, 11) is 0. The summed E-state index contributed by atoms with van der Waals surface area (Å²) < 4.78 is 11.3. The molecule has 0 aromatic rings. The molecule has 1 saturated heterocycles. The molecule has 0 aromatic carbocycles. The van der Waals surface area contributed by atoms with E-state index in [0.717, 1.165) is 44.9 Å². The van der Waals surface area contributed by atoms with Gasteiger partial charge in [-0.1, -0.05) is 314 Å². The number of unbranched alkanes of at least 4 members (excludes halogenated alkanes) is 45. The fourth-order valence-corrected chi connectivity index (χ4v) is 10.9. The highest BCUT2D eigenvalue weighted by Gasteiger charge is 2.44. The molecule has 1 fully saturated rings. The quantitative estimate of drug-likeness (QED) is 0.0261. The van der Waals surface area contributed by atoms with E-state index in [9.17, 15) is 30.3 Å². The average molecular weight is 1090 g/mol. The summed E-state index contributed by atoms with van der Waals surface area (Å²) in [6.45, 7) is 3.79. The highest BCUT2D eigenvalue weighted by Crippen LogP contribution is 2.23. The lowest BCUT2D eigenvalue weighted by molar-refractivity contribution is -0.302. The fourth-order valence-electron chi connectivity index (χ4n) is 10.9. The van der Waals surface area contributed by atoms with Crippen molar-refractivity contribution < 1.29 is 39.8 Å². The van der Waals surface area contributed by atoms with Crippen LogP contribution in [0.5, 0.6) is 0 Å². The molecule has 7 atom stereocenters. The van der Waals surface area contributed by atoms with Crippen molar-refractivity contribution in [1.29, 1.82) is 0 Å². The Hall–Kier alpha value is -1.59. The molecular formula is C68H129NO8. The molecule has 77 heavy (non-hydrogen) atoms. The molecule has 9 heteroatoms. The topological polar surface area (TPSA) is 149 Å². The fraction of sp³-hybridized carbons (Fsp3) is 0.897. The lowest BCUT2D eigenvalue weighted by Crippen LogP contribution is -2.60. The molecule has 1 amide bonds. The van der Waals surface area contributed by atoms with E-state index in [-0.39, 0.29) is 12.5 Å². The van der Waals surface area contributed by atoms with Crippen LogP contribution in [0.1, 0.15) is 335 Å². The molecule has 0 aliphatic carbocycles. The van der Waals surface area contributed by atoms with Gasteiger partial charge in [0.25, 0.3) is 0 Å². The molecule has 9 nitrogen and oxygen atoms in total. The predicted molar refractivity (Wildman–Crippen MR) is 327 cm³/mol. The van der Waals surface area contributed by atoms with Crippen molar-refractivity contribution in [2.45, 2.75) is 378 Å². The van der Waals surface area contributed by atoms with E-state index < -0.39 is 49.5 Å². The number of ether oxygens (including phenoxy) is 2. The van der Waals surface area contributed by atoms with Crippen LogP contribution < -0.4 is 5.32 Å². The monoisotopic (exact) mass is 1090 g/mol. The molecule has 7 unspecified atom stereocenters. The van der Waals surface area contributed by atoms with Crippen LogP contribution in [0.2, 0.25) is 0 Å². The molecule has 1 rings (SSSR count). The normalized spacial score (nSPS) is 18.9. The van der Waals surface area contributed by atoms with E-state index in [4.69, 9.17) is 9.47 Å². The van der Waals surface area contributed by atoms with Crippen LogP contribution in [-0.4, -0.2) is 87.5 Å². The first-order valence-electron chi connectivity index (χ1n) is 33.7. The minimum atomic E-state index is -1.56. The van der Waals surface area contributed by atoms with Gasteiger partial charge in [0.2, 0.25) is 5.91 Å². The summed E-state index contributed by atoms with van der Waals surface area (Å²) >= 11 is 0. The number of nitrogens with one attached hydrogen (secondary N) is 1. The zero-order valence-corrected chi connectivity index (χ0v) is 50.7. The van der Waals surface area contributed by atoms with Gasteiger partial charge in [-0.25, -0.2) is 0 Å². The molecule has 0 spiro atoms. The lowest BCUT2D eigenvalue weighted by Gasteiger charge is -2.40. The number of carbonyl (C=O) groups is 1. The third-order valence-electron chi connectivity index (χ3n) is 16.2. The second kappa shape index (κ2) is 57.6. The molecular weight excluding hydrogens is 959 g/mol. The average Bonchev–Trinajstić information content (AvgIpc) is 3.43. The molecule has 454 valence electrons. The molecule has 0 radical (unpaired) electrons. The van der Waals surface area contributed by atoms with Crippen LogP contribution >= 0.6 is 0 Å². The van der Waals surface area contributed by atoms with Crippen molar-refractivity contribution >= 4 is 5.91 Å². The number of amides is 1. The molecule has 1 aliphatic rings. The van der Waals surface area contributed by atoms with E-state index in [1.165, 1.54) is 270 Å². The molecule has 1 heterocycles. The summed E-state index contributed by atoms with van der Waals surface area (Å²) in [5.41, 5.74) is 0. The molecule has 0 saturated carbocycles. The second-order valence-corrected chi connectivity index (χ2v) is 23.6. The Bertz CT molecular complexity index is 1310. The van der Waals surface area contributed by atoms with E-state index in [1.54, 1.807) is 6.08 Å². The van der Waals surface area contributed by atoms with Crippen LogP contribution in [0, 0.1) is 0 Å². The van der Waals surface area contributed by atoms with Gasteiger partial charge < -0.3 is 40.3 Å². The van der Waals surface area contributed by atoms with Gasteiger partial charge in [0.05, 0.1) is 25.4 Å². The second-order valence-electron chi connectivity index (χ2n) is 23.6. The van der Waals surface area contributed by atoms with Crippen molar-refractivity contribution in [2.24, 2.45) is 0 Å². The van der Waals surface area contributed by atoms with Crippen molar-refractivity contribution in [3.05, 3.63) is 36.5 Å². The van der Waals surface area contributed by atoms with Gasteiger partial charge in [0.1, 0.15) is 24.4 Å². The number of hydrogen-bond acceptors (Lipinski definition) is 8. The molecule has 1 aliphatic heterocycles. The van der Waals surface area contributed by atoms with Crippen LogP contribution in [0.15, 0.2) is 36.5 Å². The van der Waals surface area contributed by atoms with Gasteiger partial charge in [-0.15, -0.1) is 0 Å². The third-order valence-corrected chi connectivity index (χ3v) is 16.2. The standard InChI is InChI=1S/C68H129NO8/c1-3-5-7-9-11-13-15-17-18-19-20-21-22-23-24-25-26-27-28-29-30-31-32-33-34-35-36-37-38-39-40-41-42-43-44-46-48-50-52-54-56-58-64(72)69-61(60-76-68-67(75)66(74)65(73)63(59-70)77-68)62(71)57-55-53-51-49-47-45-16-14-12-10-8-6-4-2/h15,17,19-20,55,57,61-63,65-68,70-71,73-75H,3-14,16,18,21-54,56,58-60H2,1-2H3,(H,69,72)/b17-15-,20-19-,57-55+. The van der Waals surface area contributed by atoms with Gasteiger partial charge in [0.15, 0.2) is 6.29 Å². The van der Waals surface area contributed by atoms with Crippen molar-refractivity contribution in [2.75, 3.05) is 13.2 Å². The van der Waals surface area contributed by atoms with E-state index >= 15 is 0 Å². The smallest absolute Gasteiger partial charge is 0.220 e. The minimum absolute atomic E-state index is 0.171. The highest BCUT2D eigenvalue weighted by molar-refractivity contribution is 5.76. The zero-order valence-electron chi connectivity index (χ0n) is 50.7. The molecule has 0 bridgehead atoms. The number of hydrogen-bond donors (Lipinski definition) is 6. The molecule has 6 N–H and O–H groups in total. The Morgan fingerprint density at radius 3 is 1.12 bits per heavy atom. The summed E-state index contributed by atoms with van der Waals surface area (Å²) in [5.74, 6) is -0.171. The first-order valence-corrected chi connectivity index (χ1v) is 33.7. The number of rotatable bonds is 59. The van der Waals surface area contributed by atoms with Gasteiger partial charge in [-0.2, -0.15) is 0 Å². The number of aliphatic hydroxyl groups is 5. The van der Waals surface area contributed by atoms with E-state index in [1.807, 2.05) is 6.08 Å². The van der Waals surface area contributed by atoms with Crippen molar-refractivity contribution in [3.8, 4) is 0 Å². The van der Waals surface area contributed by atoms with Crippen LogP contribution in [0.3, 0.4) is 0 Å². The maximum atomic E-state index is 13.1. The van der Waals surface area contributed by atoms with E-state index in [0.29, 0.717) is 6.42 Å². The van der Waals surface area contributed by atoms with Crippen LogP contribution in [0.4, 0.5) is 0 Å². The maximum absolute atomic E-state index is 13.1. The number of aliphatic hydroxyl groups excluding tert-OH is 5. The SMILES string of the molecule is CCCCCCC/C=C\C/C=C\CCCCCCCCCCCCCCCCCCCCCCCCCCCCCCCC(=O)NC(COC1OC(CO)C(O)C(O)C1O)C(O)/C=C/CCCCCCCCCCCCC. The van der Waals surface area contributed by atoms with Crippen molar-refractivity contribution in [1.82, 2.24) is 5.32 Å². The summed E-state index contributed by atoms with van der Waals surface area (Å²) in [6.07, 6.45) is 69.9. The van der Waals surface area contributed by atoms with Gasteiger partial charge in [-0.3, -0.25) is 4.79 Å². The summed E-state index contributed by atoms with van der Waals surface area (Å²) in [5, 5.41) is 54.5. The minimum Gasteiger partial charge on any atom is -0.394 e. The largest absolute Gasteiger partial charge is 0.394 e. The zero-order chi connectivity index (χ0) is 55.8. The Balaban J connectivity index is 1.99. The lowest BCUT2D eigenvalue weighted by atomic mass is 9.99. The van der Waals surface area contributed by atoms with E-state index in [2.05, 4.69) is 43.5 Å². The van der Waals surface area contributed by atoms with Gasteiger partial charge in [-0.05, 0) is 51.4 Å². The highest BCUT2D eigenvalue weighted by atomic mass is 16.7. The number of carbonyl (C=O) groups excluding carboxylic acids is 1. The summed E-state index contributed by atoms with van der Waals surface area (Å²) in [4.78, 5) is 13.1. The Morgan fingerprint density at radius 2 is 0.766 bits per heavy atom. The predicted octanol–water partition coefficient (Wildman–Crippen LogP) is 17.9. The van der Waals surface area contributed by atoms with Crippen LogP contribution in [-0.2, 0) is 14.3 Å². The Labute approximate surface area is 476 Å². The first kappa shape index (κ1) is 73.4. The third kappa shape index (κ3) is 46.7. The van der Waals surface area contributed by atoms with Gasteiger partial charge in [0, 0.05) is 6.42 Å². The van der Waals surface area contributed by atoms with Gasteiger partial charge >= 0.3 is 0 Å². The number of allylic oxidation sites excluding steroid dienone is 5. The van der Waals surface area contributed by atoms with Crippen molar-refractivity contribution in [3.63, 3.8) is 0 Å². The first-order chi connectivity index (χ1) is 37.8. The Morgan fingerprint density at radius 1 is 0.442 bits per heavy atom. The molecule has 0 aromatic heterocycles. The maximum Gasteiger partial charge on any atom is 0.220 e. The Kier molecular flexibility index (Phi) is 55.0.